The Morgan fingerprint density at radius 3 is 2.29 bits per heavy atom. The van der Waals surface area contributed by atoms with Gasteiger partial charge in [-0.3, -0.25) is 9.35 Å². The lowest BCUT2D eigenvalue weighted by Gasteiger charge is -2.44. The van der Waals surface area contributed by atoms with E-state index in [4.69, 9.17) is 8.97 Å². The Bertz CT molecular complexity index is 1360. The van der Waals surface area contributed by atoms with Crippen molar-refractivity contribution in [2.24, 2.45) is 5.92 Å². The summed E-state index contributed by atoms with van der Waals surface area (Å²) in [4.78, 5) is 14.8. The largest absolute Gasteiger partial charge is 0.573 e. The van der Waals surface area contributed by atoms with Crippen molar-refractivity contribution < 1.29 is 40.1 Å². The molecule has 0 spiro atoms. The molecule has 204 valence electrons. The third kappa shape index (κ3) is 7.15. The van der Waals surface area contributed by atoms with Crippen LogP contribution in [0, 0.1) is 12.8 Å². The van der Waals surface area contributed by atoms with E-state index in [1.54, 1.807) is 18.2 Å². The fraction of sp³-hybridized carbons (Fsp3) is 0.346. The van der Waals surface area contributed by atoms with Crippen LogP contribution in [0.2, 0.25) is 0 Å². The average molecular weight is 553 g/mol. The maximum Gasteiger partial charge on any atom is 0.573 e. The van der Waals surface area contributed by atoms with Crippen LogP contribution in [0.3, 0.4) is 0 Å². The first kappa shape index (κ1) is 27.7. The van der Waals surface area contributed by atoms with Crippen molar-refractivity contribution in [1.29, 1.82) is 0 Å². The molecule has 12 heteroatoms. The number of nitrogens with one attached hydrogen (secondary N) is 1. The van der Waals surface area contributed by atoms with Crippen LogP contribution >= 0.6 is 0 Å². The zero-order valence-electron chi connectivity index (χ0n) is 20.4. The van der Waals surface area contributed by atoms with Crippen molar-refractivity contribution in [3.63, 3.8) is 0 Å². The van der Waals surface area contributed by atoms with E-state index in [2.05, 4.69) is 15.0 Å². The number of alkyl halides is 3. The Hall–Kier alpha value is -3.35. The number of piperidine rings is 3. The molecule has 3 fully saturated rings. The summed E-state index contributed by atoms with van der Waals surface area (Å²) in [5.41, 5.74) is 1.09. The number of fused-ring (bicyclic) bond motifs is 3. The standard InChI is InChI=1S/C19H19F3N2O3.C7H8O3S/c20-19(21,22)27-16-4-2-1-3-13(16)15-5-6-17(26-15)18(25)23-14-11-24-9-7-12(14)8-10-24;1-6-2-4-7(5-3-6)11(8,9)10/h1-6,12,14H,7-11H2,(H,23,25);2-5H,1H3,(H,8,9,10)/t14-;/m0./s1. The van der Waals surface area contributed by atoms with E-state index in [1.807, 2.05) is 6.92 Å². The summed E-state index contributed by atoms with van der Waals surface area (Å²) in [5, 5.41) is 3.00. The van der Waals surface area contributed by atoms with E-state index in [-0.39, 0.29) is 39.7 Å². The first-order valence-electron chi connectivity index (χ1n) is 11.9. The lowest BCUT2D eigenvalue weighted by Crippen LogP contribution is -2.57. The van der Waals surface area contributed by atoms with E-state index < -0.39 is 16.5 Å². The molecule has 2 bridgehead atoms. The quantitative estimate of drug-likeness (QED) is 0.433. The van der Waals surface area contributed by atoms with Crippen LogP contribution < -0.4 is 10.1 Å². The number of nitrogens with zero attached hydrogens (tertiary/aromatic N) is 1. The van der Waals surface area contributed by atoms with Crippen molar-refractivity contribution >= 4 is 16.0 Å². The molecule has 2 aromatic carbocycles. The lowest BCUT2D eigenvalue weighted by molar-refractivity contribution is -0.274. The molecule has 3 saturated heterocycles. The van der Waals surface area contributed by atoms with Gasteiger partial charge < -0.3 is 19.4 Å². The second-order valence-electron chi connectivity index (χ2n) is 9.21. The monoisotopic (exact) mass is 552 g/mol. The van der Waals surface area contributed by atoms with E-state index >= 15 is 0 Å². The summed E-state index contributed by atoms with van der Waals surface area (Å²) in [6.45, 7) is 4.80. The molecule has 0 unspecified atom stereocenters. The first-order valence-corrected chi connectivity index (χ1v) is 13.4. The molecule has 3 aliphatic rings. The van der Waals surface area contributed by atoms with E-state index in [9.17, 15) is 26.4 Å². The minimum Gasteiger partial charge on any atom is -0.451 e. The molecule has 3 aromatic rings. The number of hydrogen-bond donors (Lipinski definition) is 2. The Kier molecular flexibility index (Phi) is 8.14. The molecule has 8 nitrogen and oxygen atoms in total. The number of aryl methyl sites for hydroxylation is 1. The number of carbonyl (C=O) groups excluding carboxylic acids is 1. The lowest BCUT2D eigenvalue weighted by atomic mass is 9.84. The van der Waals surface area contributed by atoms with E-state index in [0.717, 1.165) is 38.0 Å². The summed E-state index contributed by atoms with van der Waals surface area (Å²) >= 11 is 0. The smallest absolute Gasteiger partial charge is 0.451 e. The molecule has 4 heterocycles. The summed E-state index contributed by atoms with van der Waals surface area (Å²) in [7, 11) is -4.02. The first-order chi connectivity index (χ1) is 17.9. The number of amides is 1. The van der Waals surface area contributed by atoms with Crippen LogP contribution in [0.15, 0.2) is 70.0 Å². The van der Waals surface area contributed by atoms with Crippen LogP contribution in [0.25, 0.3) is 11.3 Å². The Balaban J connectivity index is 0.000000257. The summed E-state index contributed by atoms with van der Waals surface area (Å²) < 4.78 is 76.9. The minimum absolute atomic E-state index is 0.0666. The molecule has 0 radical (unpaired) electrons. The zero-order chi connectivity index (χ0) is 27.5. The summed E-state index contributed by atoms with van der Waals surface area (Å²) in [6, 6.07) is 14.7. The molecule has 1 aromatic heterocycles. The molecule has 1 atom stereocenters. The number of benzene rings is 2. The third-order valence-electron chi connectivity index (χ3n) is 6.50. The number of rotatable bonds is 5. The van der Waals surface area contributed by atoms with Crippen LogP contribution in [0.4, 0.5) is 13.2 Å². The highest BCUT2D eigenvalue weighted by atomic mass is 32.2. The Morgan fingerprint density at radius 2 is 1.71 bits per heavy atom. The van der Waals surface area contributed by atoms with Gasteiger partial charge >= 0.3 is 6.36 Å². The van der Waals surface area contributed by atoms with Crippen molar-refractivity contribution in [3.8, 4) is 17.1 Å². The second-order valence-corrected chi connectivity index (χ2v) is 10.6. The van der Waals surface area contributed by atoms with Crippen molar-refractivity contribution in [1.82, 2.24) is 10.2 Å². The van der Waals surface area contributed by atoms with E-state index in [1.165, 1.54) is 42.5 Å². The zero-order valence-corrected chi connectivity index (χ0v) is 21.3. The van der Waals surface area contributed by atoms with Gasteiger partial charge in [0, 0.05) is 12.6 Å². The Labute approximate surface area is 218 Å². The molecule has 0 aliphatic carbocycles. The highest BCUT2D eigenvalue weighted by molar-refractivity contribution is 7.85. The van der Waals surface area contributed by atoms with Crippen LogP contribution in [-0.4, -0.2) is 55.8 Å². The number of carbonyl (C=O) groups is 1. The summed E-state index contributed by atoms with van der Waals surface area (Å²) in [6.07, 6.45) is -2.68. The fourth-order valence-corrected chi connectivity index (χ4v) is 5.05. The van der Waals surface area contributed by atoms with Gasteiger partial charge in [-0.15, -0.1) is 13.2 Å². The molecule has 38 heavy (non-hydrogen) atoms. The van der Waals surface area contributed by atoms with E-state index in [0.29, 0.717) is 5.92 Å². The molecule has 1 amide bonds. The van der Waals surface area contributed by atoms with Gasteiger partial charge in [0.1, 0.15) is 11.5 Å². The van der Waals surface area contributed by atoms with Gasteiger partial charge in [-0.05, 0) is 75.2 Å². The van der Waals surface area contributed by atoms with Crippen molar-refractivity contribution in [3.05, 3.63) is 72.0 Å². The number of furan rings is 1. The van der Waals surface area contributed by atoms with Gasteiger partial charge in [0.25, 0.3) is 16.0 Å². The van der Waals surface area contributed by atoms with Gasteiger partial charge in [0.05, 0.1) is 10.5 Å². The molecule has 6 rings (SSSR count). The van der Waals surface area contributed by atoms with Gasteiger partial charge in [0.2, 0.25) is 0 Å². The second kappa shape index (κ2) is 11.2. The SMILES string of the molecule is Cc1ccc(S(=O)(=O)O)cc1.O=C(N[C@H]1CN2CCC1CC2)c1ccc(-c2ccccc2OC(F)(F)F)o1. The number of para-hydroxylation sites is 1. The summed E-state index contributed by atoms with van der Waals surface area (Å²) in [5.74, 6) is -0.0376. The fourth-order valence-electron chi connectivity index (χ4n) is 4.57. The predicted molar refractivity (Wildman–Crippen MR) is 132 cm³/mol. The van der Waals surface area contributed by atoms with Crippen molar-refractivity contribution in [2.75, 3.05) is 19.6 Å². The maximum absolute atomic E-state index is 12.6. The highest BCUT2D eigenvalue weighted by Gasteiger charge is 2.35. The van der Waals surface area contributed by atoms with Crippen LogP contribution in [-0.2, 0) is 10.1 Å². The predicted octanol–water partition coefficient (Wildman–Crippen LogP) is 4.91. The molecule has 3 aliphatic heterocycles. The van der Waals surface area contributed by atoms with Gasteiger partial charge in [-0.2, -0.15) is 8.42 Å². The number of ether oxygens (including phenoxy) is 1. The van der Waals surface area contributed by atoms with Crippen molar-refractivity contribution in [2.45, 2.75) is 37.1 Å². The molecular formula is C26H27F3N2O6S. The molecule has 2 N–H and O–H groups in total. The third-order valence-corrected chi connectivity index (χ3v) is 7.37. The average Bonchev–Trinajstić information content (AvgIpc) is 3.35. The number of halogens is 3. The number of hydrogen-bond acceptors (Lipinski definition) is 6. The molecular weight excluding hydrogens is 525 g/mol. The van der Waals surface area contributed by atoms with Gasteiger partial charge in [-0.25, -0.2) is 0 Å². The van der Waals surface area contributed by atoms with Crippen LogP contribution in [0.1, 0.15) is 29.0 Å². The Morgan fingerprint density at radius 1 is 1.05 bits per heavy atom. The topological polar surface area (TPSA) is 109 Å². The maximum atomic E-state index is 12.6. The molecule has 0 saturated carbocycles. The minimum atomic E-state index is -4.81. The normalized spacial score (nSPS) is 20.8. The van der Waals surface area contributed by atoms with Crippen LogP contribution in [0.5, 0.6) is 5.75 Å². The highest BCUT2D eigenvalue weighted by Crippen LogP contribution is 2.35. The van der Waals surface area contributed by atoms with Gasteiger partial charge in [0.15, 0.2) is 5.76 Å². The van der Waals surface area contributed by atoms with Gasteiger partial charge in [-0.1, -0.05) is 29.8 Å².